The number of carboxylic acid groups (broad SMARTS) is 1. The third-order valence-electron chi connectivity index (χ3n) is 2.16. The molecule has 0 radical (unpaired) electrons. The van der Waals surface area contributed by atoms with Crippen LogP contribution in [0.25, 0.3) is 0 Å². The van der Waals surface area contributed by atoms with Gasteiger partial charge in [-0.05, 0) is 13.0 Å². The number of hydrogen-bond donors (Lipinski definition) is 2. The molecule has 7 nitrogen and oxygen atoms in total. The van der Waals surface area contributed by atoms with Crippen molar-refractivity contribution >= 4 is 17.7 Å². The maximum absolute atomic E-state index is 13.9. The van der Waals surface area contributed by atoms with E-state index in [0.717, 1.165) is 12.1 Å². The first-order valence-corrected chi connectivity index (χ1v) is 4.92. The summed E-state index contributed by atoms with van der Waals surface area (Å²) in [4.78, 5) is 26.0. The van der Waals surface area contributed by atoms with Crippen LogP contribution in [0.4, 0.5) is 4.39 Å². The van der Waals surface area contributed by atoms with Crippen LogP contribution in [0.15, 0.2) is 28.4 Å². The van der Waals surface area contributed by atoms with Crippen LogP contribution in [0.5, 0.6) is 0 Å². The minimum absolute atomic E-state index is 0.0803. The Kier molecular flexibility index (Phi) is 4.16. The van der Waals surface area contributed by atoms with Crippen LogP contribution in [0.2, 0.25) is 0 Å². The molecule has 0 saturated carbocycles. The first kappa shape index (κ1) is 13.8. The van der Waals surface area contributed by atoms with Gasteiger partial charge in [-0.15, -0.1) is 0 Å². The fourth-order valence-electron chi connectivity index (χ4n) is 1.38. The summed E-state index contributed by atoms with van der Waals surface area (Å²) in [6, 6.07) is 0. The average Bonchev–Trinajstić information content (AvgIpc) is 2.36. The fourth-order valence-corrected chi connectivity index (χ4v) is 1.38. The standard InChI is InChI=1S/C10H12FN3O4/c1-4-5-13-7(9(15)16)6(11)8(10(17)18-3)14(5)12-2/h4,12H,1-3H3,(H,15,16)/b5-4-. The Bertz CT molecular complexity index is 482. The van der Waals surface area contributed by atoms with Gasteiger partial charge in [-0.2, -0.15) is 0 Å². The molecule has 0 atom stereocenters. The van der Waals surface area contributed by atoms with Crippen LogP contribution < -0.4 is 5.43 Å². The van der Waals surface area contributed by atoms with E-state index in [-0.39, 0.29) is 5.82 Å². The zero-order valence-corrected chi connectivity index (χ0v) is 10.0. The molecule has 1 rings (SSSR count). The first-order chi connectivity index (χ1) is 8.47. The normalized spacial score (nSPS) is 17.9. The molecule has 98 valence electrons. The summed E-state index contributed by atoms with van der Waals surface area (Å²) < 4.78 is 18.3. The van der Waals surface area contributed by atoms with E-state index >= 15 is 0 Å². The van der Waals surface area contributed by atoms with E-state index in [4.69, 9.17) is 5.11 Å². The number of ether oxygens (including phenoxy) is 1. The van der Waals surface area contributed by atoms with Crippen molar-refractivity contribution in [2.45, 2.75) is 6.92 Å². The number of rotatable bonds is 3. The number of hydrazine groups is 1. The van der Waals surface area contributed by atoms with Crippen molar-refractivity contribution in [3.05, 3.63) is 23.4 Å². The van der Waals surface area contributed by atoms with E-state index in [1.165, 1.54) is 13.1 Å². The molecule has 0 aromatic heterocycles. The number of allylic oxidation sites excluding steroid dienone is 1. The smallest absolute Gasteiger partial charge is 0.359 e. The van der Waals surface area contributed by atoms with Crippen molar-refractivity contribution in [2.24, 2.45) is 4.99 Å². The van der Waals surface area contributed by atoms with Crippen LogP contribution in [0.1, 0.15) is 6.92 Å². The molecule has 0 aromatic rings. The largest absolute Gasteiger partial charge is 0.476 e. The fraction of sp³-hybridized carbons (Fsp3) is 0.300. The lowest BCUT2D eigenvalue weighted by molar-refractivity contribution is -0.138. The van der Waals surface area contributed by atoms with Gasteiger partial charge in [-0.1, -0.05) is 0 Å². The summed E-state index contributed by atoms with van der Waals surface area (Å²) in [7, 11) is 2.50. The van der Waals surface area contributed by atoms with Gasteiger partial charge in [-0.25, -0.2) is 24.4 Å². The molecule has 0 aromatic carbocycles. The highest BCUT2D eigenvalue weighted by molar-refractivity contribution is 6.43. The predicted molar refractivity (Wildman–Crippen MR) is 59.9 cm³/mol. The first-order valence-electron chi connectivity index (χ1n) is 4.92. The molecule has 1 heterocycles. The molecule has 0 unspecified atom stereocenters. The maximum Gasteiger partial charge on any atom is 0.359 e. The van der Waals surface area contributed by atoms with Crippen LogP contribution in [-0.2, 0) is 14.3 Å². The minimum atomic E-state index is -1.57. The molecule has 0 amide bonds. The maximum atomic E-state index is 13.9. The molecule has 0 fully saturated rings. The number of carbonyl (C=O) groups excluding carboxylic acids is 1. The third kappa shape index (κ3) is 2.23. The highest BCUT2D eigenvalue weighted by Crippen LogP contribution is 2.24. The van der Waals surface area contributed by atoms with Crippen molar-refractivity contribution in [1.29, 1.82) is 0 Å². The number of carbonyl (C=O) groups is 2. The number of carboxylic acids is 1. The minimum Gasteiger partial charge on any atom is -0.476 e. The molecule has 8 heteroatoms. The number of esters is 1. The van der Waals surface area contributed by atoms with Crippen molar-refractivity contribution in [3.63, 3.8) is 0 Å². The number of nitrogens with zero attached hydrogens (tertiary/aromatic N) is 2. The molecule has 0 bridgehead atoms. The van der Waals surface area contributed by atoms with Crippen LogP contribution in [-0.4, -0.2) is 41.9 Å². The van der Waals surface area contributed by atoms with E-state index in [9.17, 15) is 14.0 Å². The monoisotopic (exact) mass is 257 g/mol. The zero-order chi connectivity index (χ0) is 13.9. The Hall–Kier alpha value is -2.22. The lowest BCUT2D eigenvalue weighted by atomic mass is 10.2. The second kappa shape index (κ2) is 5.41. The van der Waals surface area contributed by atoms with Gasteiger partial charge in [0.1, 0.15) is 5.82 Å². The molecule has 0 saturated heterocycles. The summed E-state index contributed by atoms with van der Waals surface area (Å²) in [6.07, 6.45) is 1.43. The van der Waals surface area contributed by atoms with Gasteiger partial charge in [0.2, 0.25) is 0 Å². The summed E-state index contributed by atoms with van der Waals surface area (Å²) >= 11 is 0. The van der Waals surface area contributed by atoms with E-state index in [1.54, 1.807) is 6.92 Å². The second-order valence-corrected chi connectivity index (χ2v) is 3.13. The highest BCUT2D eigenvalue weighted by Gasteiger charge is 2.35. The SMILES string of the molecule is C/C=C1/N=C(C(=O)O)C(F)=C(C(=O)OC)N1NC. The Morgan fingerprint density at radius 3 is 2.56 bits per heavy atom. The van der Waals surface area contributed by atoms with Crippen molar-refractivity contribution < 1.29 is 23.8 Å². The number of nitrogens with one attached hydrogen (secondary N) is 1. The van der Waals surface area contributed by atoms with Gasteiger partial charge in [0.25, 0.3) is 0 Å². The number of methoxy groups -OCH3 is 1. The van der Waals surface area contributed by atoms with Gasteiger partial charge in [0, 0.05) is 7.05 Å². The number of hydrogen-bond acceptors (Lipinski definition) is 6. The summed E-state index contributed by atoms with van der Waals surface area (Å²) in [5, 5.41) is 9.84. The molecule has 0 aliphatic carbocycles. The quantitative estimate of drug-likeness (QED) is 0.701. The van der Waals surface area contributed by atoms with E-state index < -0.39 is 29.2 Å². The zero-order valence-electron chi connectivity index (χ0n) is 10.0. The van der Waals surface area contributed by atoms with Crippen LogP contribution in [0, 0.1) is 0 Å². The predicted octanol–water partition coefficient (Wildman–Crippen LogP) is 0.177. The van der Waals surface area contributed by atoms with Gasteiger partial charge in [0.05, 0.1) is 7.11 Å². The summed E-state index contributed by atoms with van der Waals surface area (Å²) in [5.74, 6) is -3.75. The Balaban J connectivity index is 3.45. The van der Waals surface area contributed by atoms with Crippen LogP contribution >= 0.6 is 0 Å². The van der Waals surface area contributed by atoms with E-state index in [1.807, 2.05) is 0 Å². The topological polar surface area (TPSA) is 91.2 Å². The van der Waals surface area contributed by atoms with Crippen molar-refractivity contribution in [3.8, 4) is 0 Å². The summed E-state index contributed by atoms with van der Waals surface area (Å²) in [6.45, 7) is 1.57. The molecular weight excluding hydrogens is 245 g/mol. The average molecular weight is 257 g/mol. The van der Waals surface area contributed by atoms with Gasteiger partial charge < -0.3 is 9.84 Å². The third-order valence-corrected chi connectivity index (χ3v) is 2.16. The Labute approximate surface area is 102 Å². The van der Waals surface area contributed by atoms with Gasteiger partial charge in [-0.3, -0.25) is 5.01 Å². The lowest BCUT2D eigenvalue weighted by Gasteiger charge is -2.28. The van der Waals surface area contributed by atoms with Crippen molar-refractivity contribution in [2.75, 3.05) is 14.2 Å². The molecular formula is C10H12FN3O4. The highest BCUT2D eigenvalue weighted by atomic mass is 19.1. The lowest BCUT2D eigenvalue weighted by Crippen LogP contribution is -2.41. The van der Waals surface area contributed by atoms with Gasteiger partial charge in [0.15, 0.2) is 17.2 Å². The van der Waals surface area contributed by atoms with Gasteiger partial charge >= 0.3 is 11.9 Å². The van der Waals surface area contributed by atoms with E-state index in [0.29, 0.717) is 0 Å². The number of aliphatic imine (C=N–C) groups is 1. The Morgan fingerprint density at radius 1 is 1.56 bits per heavy atom. The van der Waals surface area contributed by atoms with Crippen molar-refractivity contribution in [1.82, 2.24) is 10.4 Å². The molecule has 1 aliphatic heterocycles. The van der Waals surface area contributed by atoms with Crippen LogP contribution in [0.3, 0.4) is 0 Å². The van der Waals surface area contributed by atoms with E-state index in [2.05, 4.69) is 15.2 Å². The number of aliphatic carboxylic acids is 1. The Morgan fingerprint density at radius 2 is 2.17 bits per heavy atom. The molecule has 2 N–H and O–H groups in total. The second-order valence-electron chi connectivity index (χ2n) is 3.13. The molecule has 0 spiro atoms. The summed E-state index contributed by atoms with van der Waals surface area (Å²) in [5.41, 5.74) is 1.13. The molecule has 18 heavy (non-hydrogen) atoms. The number of halogens is 1. The molecule has 1 aliphatic rings.